The van der Waals surface area contributed by atoms with Gasteiger partial charge in [0.25, 0.3) is 0 Å². The molecule has 0 bridgehead atoms. The second-order valence-corrected chi connectivity index (χ2v) is 8.70. The molecule has 2 unspecified atom stereocenters. The molecular weight excluding hydrogens is 440 g/mol. The Balaban J connectivity index is 2.63. The van der Waals surface area contributed by atoms with Crippen LogP contribution in [0.15, 0.2) is 12.2 Å². The van der Waals surface area contributed by atoms with Crippen molar-refractivity contribution in [1.29, 1.82) is 0 Å². The Hall–Kier alpha value is -1.88. The Morgan fingerprint density at radius 1 is 0.676 bits per heavy atom. The average Bonchev–Trinajstić information content (AvgIpc) is 3.15. The largest absolute Gasteiger partial charge is 0.381 e. The predicted octanol–water partition coefficient (Wildman–Crippen LogP) is 3.64. The molecule has 0 aromatic carbocycles. The average molecular weight is 485 g/mol. The molecule has 10 nitrogen and oxygen atoms in total. The highest BCUT2D eigenvalue weighted by Crippen LogP contribution is 2.56. The maximum absolute atomic E-state index is 13.9. The first-order chi connectivity index (χ1) is 16.5. The van der Waals surface area contributed by atoms with Gasteiger partial charge in [-0.15, -0.1) is 0 Å². The number of urea groups is 2. The van der Waals surface area contributed by atoms with E-state index in [1.165, 1.54) is 0 Å². The van der Waals surface area contributed by atoms with Gasteiger partial charge in [-0.3, -0.25) is 19.6 Å². The van der Waals surface area contributed by atoms with Crippen LogP contribution >= 0.6 is 0 Å². The molecule has 4 amide bonds. The fourth-order valence-electron chi connectivity index (χ4n) is 5.45. The van der Waals surface area contributed by atoms with E-state index in [4.69, 9.17) is 18.9 Å². The summed E-state index contributed by atoms with van der Waals surface area (Å²) >= 11 is 0. The number of unbranched alkanes of at least 4 members (excludes halogenated alkanes) is 2. The number of ether oxygens (including phenoxy) is 4. The fourth-order valence-corrected chi connectivity index (χ4v) is 5.45. The monoisotopic (exact) mass is 484 g/mol. The maximum Gasteiger partial charge on any atom is 0.327 e. The van der Waals surface area contributed by atoms with Gasteiger partial charge in [0.15, 0.2) is 11.3 Å². The maximum atomic E-state index is 13.9. The molecule has 2 atom stereocenters. The standard InChI is InChI=1S/C24H44N4O6/c1-7-10-14-23-24(15-11-8-2,27(19-33-6)22(30)26(23)18-32-5)28(21(29)25(23)9-3)20-34-17-13-12-16-31-4/h12-13H,7-11,14-20H2,1-6H3. The van der Waals surface area contributed by atoms with Crippen LogP contribution in [0.5, 0.6) is 0 Å². The Kier molecular flexibility index (Phi) is 11.1. The highest BCUT2D eigenvalue weighted by atomic mass is 16.5. The zero-order valence-corrected chi connectivity index (χ0v) is 21.9. The van der Waals surface area contributed by atoms with Gasteiger partial charge < -0.3 is 18.9 Å². The number of carbonyl (C=O) groups is 2. The van der Waals surface area contributed by atoms with Crippen LogP contribution in [0, 0.1) is 0 Å². The van der Waals surface area contributed by atoms with Crippen molar-refractivity contribution in [1.82, 2.24) is 19.6 Å². The lowest BCUT2D eigenvalue weighted by atomic mass is 9.83. The van der Waals surface area contributed by atoms with E-state index in [9.17, 15) is 9.59 Å². The second kappa shape index (κ2) is 13.3. The van der Waals surface area contributed by atoms with Crippen molar-refractivity contribution in [3.05, 3.63) is 12.2 Å². The Morgan fingerprint density at radius 2 is 1.15 bits per heavy atom. The molecule has 0 spiro atoms. The topological polar surface area (TPSA) is 84.0 Å². The van der Waals surface area contributed by atoms with Crippen molar-refractivity contribution in [2.75, 3.05) is 61.3 Å². The zero-order valence-electron chi connectivity index (χ0n) is 21.9. The minimum Gasteiger partial charge on any atom is -0.381 e. The highest BCUT2D eigenvalue weighted by molar-refractivity contribution is 5.88. The van der Waals surface area contributed by atoms with Gasteiger partial charge in [-0.05, 0) is 32.6 Å². The van der Waals surface area contributed by atoms with E-state index in [1.807, 2.05) is 24.0 Å². The number of amides is 4. The summed E-state index contributed by atoms with van der Waals surface area (Å²) in [5.41, 5.74) is -1.82. The molecule has 0 aromatic rings. The van der Waals surface area contributed by atoms with Crippen LogP contribution in [0.1, 0.15) is 59.3 Å². The van der Waals surface area contributed by atoms with Crippen molar-refractivity contribution >= 4 is 12.1 Å². The number of rotatable bonds is 17. The van der Waals surface area contributed by atoms with Crippen LogP contribution < -0.4 is 0 Å². The number of methoxy groups -OCH3 is 3. The molecular formula is C24H44N4O6. The van der Waals surface area contributed by atoms with Gasteiger partial charge in [0.1, 0.15) is 20.2 Å². The summed E-state index contributed by atoms with van der Waals surface area (Å²) in [6.07, 6.45) is 8.59. The Morgan fingerprint density at radius 3 is 1.62 bits per heavy atom. The Labute approximate surface area is 204 Å². The van der Waals surface area contributed by atoms with Crippen molar-refractivity contribution in [3.63, 3.8) is 0 Å². The molecule has 2 aliphatic heterocycles. The summed E-state index contributed by atoms with van der Waals surface area (Å²) in [7, 11) is 4.78. The predicted molar refractivity (Wildman–Crippen MR) is 129 cm³/mol. The molecule has 2 aliphatic rings. The SMILES string of the molecule is CCCCC12N(CC)C(=O)N(COCC=CCOC)C1(CCCC)N(COC)C(=O)N2COC. The molecule has 0 N–H and O–H groups in total. The highest BCUT2D eigenvalue weighted by Gasteiger charge is 2.77. The van der Waals surface area contributed by atoms with Gasteiger partial charge in [0, 0.05) is 27.9 Å². The van der Waals surface area contributed by atoms with Crippen LogP contribution in [0.4, 0.5) is 9.59 Å². The van der Waals surface area contributed by atoms with E-state index < -0.39 is 11.3 Å². The third-order valence-electron chi connectivity index (χ3n) is 6.81. The normalized spacial score (nSPS) is 24.9. The number of likely N-dealkylation sites (N-methyl/N-ethyl adjacent to an activating group) is 1. The molecule has 10 heteroatoms. The van der Waals surface area contributed by atoms with Gasteiger partial charge in [-0.1, -0.05) is 38.8 Å². The van der Waals surface area contributed by atoms with Crippen LogP contribution in [0.2, 0.25) is 0 Å². The molecule has 196 valence electrons. The van der Waals surface area contributed by atoms with Crippen LogP contribution in [0.3, 0.4) is 0 Å². The minimum atomic E-state index is -0.937. The molecule has 0 radical (unpaired) electrons. The first-order valence-corrected chi connectivity index (χ1v) is 12.4. The van der Waals surface area contributed by atoms with E-state index in [2.05, 4.69) is 13.8 Å². The van der Waals surface area contributed by atoms with Gasteiger partial charge in [-0.25, -0.2) is 9.59 Å². The summed E-state index contributed by atoms with van der Waals surface area (Å²) in [5, 5.41) is 0. The van der Waals surface area contributed by atoms with Gasteiger partial charge in [-0.2, -0.15) is 0 Å². The van der Waals surface area contributed by atoms with Crippen LogP contribution in [-0.4, -0.2) is 104 Å². The molecule has 2 rings (SSSR count). The molecule has 0 aliphatic carbocycles. The van der Waals surface area contributed by atoms with Crippen molar-refractivity contribution < 1.29 is 28.5 Å². The summed E-state index contributed by atoms with van der Waals surface area (Å²) in [6, 6.07) is -0.322. The third-order valence-corrected chi connectivity index (χ3v) is 6.81. The molecule has 2 saturated heterocycles. The lowest BCUT2D eigenvalue weighted by molar-refractivity contribution is -0.130. The first-order valence-electron chi connectivity index (χ1n) is 12.4. The minimum absolute atomic E-state index is 0.0680. The molecule has 0 saturated carbocycles. The molecule has 34 heavy (non-hydrogen) atoms. The number of fused-ring (bicyclic) bond motifs is 1. The number of hydrogen-bond acceptors (Lipinski definition) is 6. The van der Waals surface area contributed by atoms with Gasteiger partial charge in [0.05, 0.1) is 13.2 Å². The van der Waals surface area contributed by atoms with Crippen molar-refractivity contribution in [3.8, 4) is 0 Å². The zero-order chi connectivity index (χ0) is 25.2. The smallest absolute Gasteiger partial charge is 0.327 e. The van der Waals surface area contributed by atoms with Crippen molar-refractivity contribution in [2.24, 2.45) is 0 Å². The molecule has 0 aromatic heterocycles. The lowest BCUT2D eigenvalue weighted by Crippen LogP contribution is -2.68. The molecule has 2 heterocycles. The first kappa shape index (κ1) is 28.4. The number of hydrogen-bond donors (Lipinski definition) is 0. The quantitative estimate of drug-likeness (QED) is 0.232. The van der Waals surface area contributed by atoms with E-state index in [1.54, 1.807) is 36.0 Å². The second-order valence-electron chi connectivity index (χ2n) is 8.70. The van der Waals surface area contributed by atoms with E-state index >= 15 is 0 Å². The molecule has 2 fully saturated rings. The summed E-state index contributed by atoms with van der Waals surface area (Å²) in [5.74, 6) is 0. The van der Waals surface area contributed by atoms with Crippen molar-refractivity contribution in [2.45, 2.75) is 70.6 Å². The summed E-state index contributed by atoms with van der Waals surface area (Å²) in [4.78, 5) is 34.8. The van der Waals surface area contributed by atoms with Crippen LogP contribution in [-0.2, 0) is 18.9 Å². The van der Waals surface area contributed by atoms with E-state index in [-0.39, 0.29) is 32.3 Å². The number of nitrogens with zero attached hydrogens (tertiary/aromatic N) is 4. The lowest BCUT2D eigenvalue weighted by Gasteiger charge is -2.49. The summed E-state index contributed by atoms with van der Waals surface area (Å²) in [6.45, 7) is 7.74. The van der Waals surface area contributed by atoms with Gasteiger partial charge >= 0.3 is 12.1 Å². The number of carbonyl (C=O) groups excluding carboxylic acids is 2. The van der Waals surface area contributed by atoms with E-state index in [0.717, 1.165) is 25.7 Å². The van der Waals surface area contributed by atoms with Crippen LogP contribution in [0.25, 0.3) is 0 Å². The third kappa shape index (κ3) is 4.78. The van der Waals surface area contributed by atoms with Gasteiger partial charge in [0.2, 0.25) is 0 Å². The summed E-state index contributed by atoms with van der Waals surface area (Å²) < 4.78 is 22.0. The fraction of sp³-hybridized carbons (Fsp3) is 0.833. The Bertz CT molecular complexity index is 692. The van der Waals surface area contributed by atoms with E-state index in [0.29, 0.717) is 32.6 Å².